The van der Waals surface area contributed by atoms with Crippen LogP contribution in [-0.2, 0) is 0 Å². The van der Waals surface area contributed by atoms with Crippen molar-refractivity contribution in [2.45, 2.75) is 0 Å². The van der Waals surface area contributed by atoms with Crippen LogP contribution in [0.15, 0.2) is 54.6 Å². The van der Waals surface area contributed by atoms with Crippen LogP contribution in [0.1, 0.15) is 0 Å². The standard InChI is InChI=1S/C13H11N3O2/c17-13-14-11-8-4-5-9-12(11)16(18)15(13)10-6-2-1-3-7-10/h1-9,18H,(H,14,17). The molecule has 18 heavy (non-hydrogen) atoms. The maximum absolute atomic E-state index is 12.0. The normalized spacial score (nSPS) is 14.2. The van der Waals surface area contributed by atoms with Crippen molar-refractivity contribution in [3.05, 3.63) is 54.6 Å². The second-order valence-corrected chi connectivity index (χ2v) is 3.88. The molecule has 0 radical (unpaired) electrons. The van der Waals surface area contributed by atoms with E-state index in [0.29, 0.717) is 17.1 Å². The number of benzene rings is 2. The van der Waals surface area contributed by atoms with Gasteiger partial charge >= 0.3 is 6.03 Å². The summed E-state index contributed by atoms with van der Waals surface area (Å²) in [5.74, 6) is 0. The Bertz CT molecular complexity index is 586. The third kappa shape index (κ3) is 1.57. The lowest BCUT2D eigenvalue weighted by Crippen LogP contribution is -2.50. The average Bonchev–Trinajstić information content (AvgIpc) is 2.40. The Morgan fingerprint density at radius 3 is 2.39 bits per heavy atom. The molecular weight excluding hydrogens is 230 g/mol. The maximum Gasteiger partial charge on any atom is 0.347 e. The van der Waals surface area contributed by atoms with Gasteiger partial charge in [-0.1, -0.05) is 30.3 Å². The van der Waals surface area contributed by atoms with Gasteiger partial charge in [0.2, 0.25) is 0 Å². The minimum atomic E-state index is -0.401. The van der Waals surface area contributed by atoms with Crippen molar-refractivity contribution in [1.29, 1.82) is 0 Å². The number of nitrogens with one attached hydrogen (secondary N) is 1. The highest BCUT2D eigenvalue weighted by atomic mass is 16.6. The summed E-state index contributed by atoms with van der Waals surface area (Å²) in [4.78, 5) is 12.0. The average molecular weight is 241 g/mol. The van der Waals surface area contributed by atoms with Crippen molar-refractivity contribution >= 4 is 23.1 Å². The number of hydrogen-bond acceptors (Lipinski definition) is 3. The number of carbonyl (C=O) groups excluding carboxylic acids is 1. The summed E-state index contributed by atoms with van der Waals surface area (Å²) in [6, 6.07) is 15.6. The van der Waals surface area contributed by atoms with Crippen molar-refractivity contribution in [2.75, 3.05) is 15.5 Å². The van der Waals surface area contributed by atoms with Crippen LogP contribution in [0.2, 0.25) is 0 Å². The van der Waals surface area contributed by atoms with Crippen molar-refractivity contribution < 1.29 is 10.0 Å². The SMILES string of the molecule is O=C1Nc2ccccc2N(O)N1c1ccccc1. The molecule has 2 aromatic carbocycles. The molecule has 1 heterocycles. The zero-order chi connectivity index (χ0) is 12.5. The Balaban J connectivity index is 2.06. The summed E-state index contributed by atoms with van der Waals surface area (Å²) in [7, 11) is 0. The minimum absolute atomic E-state index is 0.401. The molecule has 2 amide bonds. The summed E-state index contributed by atoms with van der Waals surface area (Å²) < 4.78 is 0. The Hall–Kier alpha value is -2.53. The molecule has 0 saturated heterocycles. The maximum atomic E-state index is 12.0. The molecule has 1 aliphatic heterocycles. The van der Waals surface area contributed by atoms with Gasteiger partial charge in [-0.15, -0.1) is 0 Å². The molecule has 0 unspecified atom stereocenters. The molecule has 0 aliphatic carbocycles. The van der Waals surface area contributed by atoms with E-state index in [1.807, 2.05) is 6.07 Å². The lowest BCUT2D eigenvalue weighted by molar-refractivity contribution is 0.221. The van der Waals surface area contributed by atoms with Gasteiger partial charge in [-0.05, 0) is 24.3 Å². The summed E-state index contributed by atoms with van der Waals surface area (Å²) in [6.07, 6.45) is 0. The first-order valence-electron chi connectivity index (χ1n) is 5.51. The van der Waals surface area contributed by atoms with Crippen molar-refractivity contribution in [3.63, 3.8) is 0 Å². The first-order valence-corrected chi connectivity index (χ1v) is 5.51. The molecule has 5 heteroatoms. The number of rotatable bonds is 1. The van der Waals surface area contributed by atoms with Crippen LogP contribution in [0.25, 0.3) is 0 Å². The lowest BCUT2D eigenvalue weighted by Gasteiger charge is -2.35. The number of anilines is 3. The molecule has 0 atom stereocenters. The van der Waals surface area contributed by atoms with Crippen molar-refractivity contribution in [2.24, 2.45) is 0 Å². The summed E-state index contributed by atoms with van der Waals surface area (Å²) in [5, 5.41) is 14.9. The van der Waals surface area contributed by atoms with E-state index in [2.05, 4.69) is 5.32 Å². The van der Waals surface area contributed by atoms with Crippen molar-refractivity contribution in [3.8, 4) is 0 Å². The van der Waals surface area contributed by atoms with Gasteiger partial charge in [-0.3, -0.25) is 5.21 Å². The zero-order valence-electron chi connectivity index (χ0n) is 9.45. The Morgan fingerprint density at radius 2 is 1.61 bits per heavy atom. The Labute approximate surface area is 104 Å². The van der Waals surface area contributed by atoms with Crippen LogP contribution in [0.5, 0.6) is 0 Å². The number of hydrogen-bond donors (Lipinski definition) is 2. The smallest absolute Gasteiger partial charge is 0.304 e. The quantitative estimate of drug-likeness (QED) is 0.807. The second-order valence-electron chi connectivity index (χ2n) is 3.88. The first kappa shape index (κ1) is 10.6. The van der Waals surface area contributed by atoms with Gasteiger partial charge in [-0.25, -0.2) is 4.79 Å². The van der Waals surface area contributed by atoms with Crippen LogP contribution < -0.4 is 15.5 Å². The van der Waals surface area contributed by atoms with Crippen LogP contribution in [0.4, 0.5) is 21.9 Å². The zero-order valence-corrected chi connectivity index (χ0v) is 9.45. The highest BCUT2D eigenvalue weighted by Crippen LogP contribution is 2.32. The van der Waals surface area contributed by atoms with E-state index in [4.69, 9.17) is 0 Å². The molecule has 1 aliphatic rings. The predicted octanol–water partition coefficient (Wildman–Crippen LogP) is 2.85. The van der Waals surface area contributed by atoms with E-state index < -0.39 is 6.03 Å². The van der Waals surface area contributed by atoms with E-state index in [1.165, 1.54) is 5.01 Å². The van der Waals surface area contributed by atoms with E-state index in [1.54, 1.807) is 48.5 Å². The molecular formula is C13H11N3O2. The fourth-order valence-electron chi connectivity index (χ4n) is 1.91. The number of hydrazine groups is 1. The predicted molar refractivity (Wildman–Crippen MR) is 68.6 cm³/mol. The summed E-state index contributed by atoms with van der Waals surface area (Å²) in [6.45, 7) is 0. The van der Waals surface area contributed by atoms with Crippen LogP contribution in [-0.4, -0.2) is 11.2 Å². The first-order chi connectivity index (χ1) is 8.77. The highest BCUT2D eigenvalue weighted by molar-refractivity contribution is 6.08. The molecule has 0 fully saturated rings. The van der Waals surface area contributed by atoms with Gasteiger partial charge < -0.3 is 5.32 Å². The number of carbonyl (C=O) groups is 1. The largest absolute Gasteiger partial charge is 0.347 e. The van der Waals surface area contributed by atoms with Gasteiger partial charge in [0.25, 0.3) is 0 Å². The highest BCUT2D eigenvalue weighted by Gasteiger charge is 2.29. The van der Waals surface area contributed by atoms with Gasteiger partial charge in [0.15, 0.2) is 0 Å². The van der Waals surface area contributed by atoms with E-state index >= 15 is 0 Å². The van der Waals surface area contributed by atoms with Crippen LogP contribution in [0.3, 0.4) is 0 Å². The fourth-order valence-corrected chi connectivity index (χ4v) is 1.91. The van der Waals surface area contributed by atoms with E-state index in [9.17, 15) is 10.0 Å². The number of para-hydroxylation sites is 3. The number of nitrogens with zero attached hydrogens (tertiary/aromatic N) is 2. The van der Waals surface area contributed by atoms with Gasteiger partial charge in [0, 0.05) is 0 Å². The van der Waals surface area contributed by atoms with E-state index in [0.717, 1.165) is 5.17 Å². The molecule has 2 N–H and O–H groups in total. The minimum Gasteiger partial charge on any atom is -0.304 e. The topological polar surface area (TPSA) is 55.8 Å². The lowest BCUT2D eigenvalue weighted by atomic mass is 10.2. The molecule has 2 aromatic rings. The van der Waals surface area contributed by atoms with Gasteiger partial charge in [-0.2, -0.15) is 10.2 Å². The van der Waals surface area contributed by atoms with Gasteiger partial charge in [0.1, 0.15) is 5.69 Å². The van der Waals surface area contributed by atoms with Crippen LogP contribution in [0, 0.1) is 0 Å². The number of urea groups is 1. The molecule has 0 aromatic heterocycles. The summed E-state index contributed by atoms with van der Waals surface area (Å²) >= 11 is 0. The molecule has 3 rings (SSSR count). The molecule has 5 nitrogen and oxygen atoms in total. The monoisotopic (exact) mass is 241 g/mol. The van der Waals surface area contributed by atoms with Gasteiger partial charge in [0.05, 0.1) is 11.4 Å². The molecule has 0 spiro atoms. The van der Waals surface area contributed by atoms with Crippen LogP contribution >= 0.6 is 0 Å². The molecule has 0 bridgehead atoms. The third-order valence-corrected chi connectivity index (χ3v) is 2.74. The van der Waals surface area contributed by atoms with E-state index in [-0.39, 0.29) is 0 Å². The van der Waals surface area contributed by atoms with Crippen molar-refractivity contribution in [1.82, 2.24) is 0 Å². The Kier molecular flexibility index (Phi) is 2.39. The second kappa shape index (κ2) is 4.05. The Morgan fingerprint density at radius 1 is 0.944 bits per heavy atom. The summed E-state index contributed by atoms with van der Waals surface area (Å²) in [5.41, 5.74) is 1.70. The third-order valence-electron chi connectivity index (χ3n) is 2.74. The molecule has 90 valence electrons. The number of fused-ring (bicyclic) bond motifs is 1. The molecule has 0 saturated carbocycles. The number of amides is 2. The fraction of sp³-hybridized carbons (Fsp3) is 0.